The fraction of sp³-hybridized carbons (Fsp3) is 0.857. The van der Waals surface area contributed by atoms with Crippen LogP contribution >= 0.6 is 0 Å². The van der Waals surface area contributed by atoms with Gasteiger partial charge in [-0.2, -0.15) is 4.90 Å². The van der Waals surface area contributed by atoms with Gasteiger partial charge >= 0.3 is 18.2 Å². The van der Waals surface area contributed by atoms with E-state index in [1.54, 1.807) is 0 Å². The first-order valence-electron chi connectivity index (χ1n) is 14.6. The van der Waals surface area contributed by atoms with Crippen LogP contribution in [0.2, 0.25) is 0 Å². The van der Waals surface area contributed by atoms with Crippen LogP contribution in [-0.4, -0.2) is 57.9 Å². The highest BCUT2D eigenvalue weighted by Gasteiger charge is 2.56. The number of aliphatic imine (C=N–C) groups is 1. The van der Waals surface area contributed by atoms with Crippen LogP contribution in [0.15, 0.2) is 4.99 Å². The Morgan fingerprint density at radius 2 is 1.13 bits per heavy atom. The molecule has 8 rings (SSSR count). The molecule has 38 heavy (non-hydrogen) atoms. The highest BCUT2D eigenvalue weighted by atomic mass is 16.6. The Morgan fingerprint density at radius 1 is 0.763 bits per heavy atom. The molecule has 210 valence electrons. The Morgan fingerprint density at radius 3 is 1.45 bits per heavy atom. The van der Waals surface area contributed by atoms with Gasteiger partial charge in [-0.1, -0.05) is 0 Å². The predicted octanol–water partition coefficient (Wildman–Crippen LogP) is 4.01. The Bertz CT molecular complexity index is 879. The van der Waals surface area contributed by atoms with Crippen molar-refractivity contribution in [3.8, 4) is 0 Å². The summed E-state index contributed by atoms with van der Waals surface area (Å²) in [6.45, 7) is 0.202. The molecule has 0 saturated heterocycles. The molecule has 8 fully saturated rings. The lowest BCUT2D eigenvalue weighted by molar-refractivity contribution is -0.155. The highest BCUT2D eigenvalue weighted by molar-refractivity contribution is 5.93. The quantitative estimate of drug-likeness (QED) is 0.241. The van der Waals surface area contributed by atoms with Crippen LogP contribution in [0, 0.1) is 35.5 Å². The maximum absolute atomic E-state index is 13.8. The lowest BCUT2D eigenvalue weighted by atomic mass is 9.54. The topological polar surface area (TPSA) is 158 Å². The lowest BCUT2D eigenvalue weighted by Gasteiger charge is -2.56. The van der Waals surface area contributed by atoms with Gasteiger partial charge in [-0.25, -0.2) is 14.4 Å². The summed E-state index contributed by atoms with van der Waals surface area (Å²) >= 11 is 0. The molecular formula is C28H42N4O6. The number of ether oxygens (including phenoxy) is 2. The number of hydrogen-bond donors (Lipinski definition) is 3. The normalized spacial score (nSPS) is 40.4. The molecule has 8 aliphatic carbocycles. The van der Waals surface area contributed by atoms with E-state index in [2.05, 4.69) is 4.99 Å². The molecule has 2 amide bonds. The van der Waals surface area contributed by atoms with Crippen molar-refractivity contribution < 1.29 is 29.0 Å². The van der Waals surface area contributed by atoms with Crippen molar-refractivity contribution in [2.45, 2.75) is 107 Å². The first-order valence-corrected chi connectivity index (χ1v) is 14.6. The Labute approximate surface area is 223 Å². The van der Waals surface area contributed by atoms with Gasteiger partial charge in [-0.05, 0) is 125 Å². The van der Waals surface area contributed by atoms with Crippen LogP contribution < -0.4 is 11.5 Å². The summed E-state index contributed by atoms with van der Waals surface area (Å²) in [7, 11) is 0. The molecule has 0 unspecified atom stereocenters. The smallest absolute Gasteiger partial charge is 0.420 e. The molecule has 8 saturated carbocycles. The van der Waals surface area contributed by atoms with Crippen LogP contribution in [0.25, 0.3) is 0 Å². The second-order valence-corrected chi connectivity index (χ2v) is 13.6. The SMILES string of the molecule is NC(N)=NCCC[C@@H](C(=O)O)N(C(=O)OC12CC3CC(CC(C3)C1)C2)C(=O)OC12CC3CC(CC(C3)C1)C2. The molecule has 0 aromatic rings. The number of guanidine groups is 1. The molecule has 5 N–H and O–H groups in total. The minimum absolute atomic E-state index is 0.0120. The number of imide groups is 1. The van der Waals surface area contributed by atoms with Gasteiger partial charge in [-0.15, -0.1) is 0 Å². The number of aliphatic carboxylic acids is 1. The monoisotopic (exact) mass is 530 g/mol. The maximum Gasteiger partial charge on any atom is 0.420 e. The molecule has 10 heteroatoms. The summed E-state index contributed by atoms with van der Waals surface area (Å²) in [4.78, 5) is 44.8. The standard InChI is InChI=1S/C28H42N4O6/c29-24(30)31-3-1-2-22(23(33)34)32(25(35)37-27-10-16-4-17(11-27)6-18(5-16)12-27)26(36)38-28-13-19-7-20(14-28)9-21(8-19)15-28/h16-22H,1-15H2,(H,33,34)(H4,29,30,31)/t16?,17?,18?,19?,20?,21?,22-,27?,28?/m0/s1. The van der Waals surface area contributed by atoms with Crippen molar-refractivity contribution in [1.29, 1.82) is 0 Å². The number of nitrogens with two attached hydrogens (primary N) is 2. The van der Waals surface area contributed by atoms with Gasteiger partial charge in [0.15, 0.2) is 5.96 Å². The van der Waals surface area contributed by atoms with E-state index in [0.717, 1.165) is 43.4 Å². The Balaban J connectivity index is 1.23. The van der Waals surface area contributed by atoms with E-state index in [1.165, 1.54) is 38.5 Å². The Kier molecular flexibility index (Phi) is 6.50. The summed E-state index contributed by atoms with van der Waals surface area (Å²) in [5.41, 5.74) is 9.61. The fourth-order valence-electron chi connectivity index (χ4n) is 9.97. The van der Waals surface area contributed by atoms with Crippen LogP contribution in [0.5, 0.6) is 0 Å². The summed E-state index contributed by atoms with van der Waals surface area (Å²) in [6.07, 6.45) is 10.4. The summed E-state index contributed by atoms with van der Waals surface area (Å²) < 4.78 is 12.4. The van der Waals surface area contributed by atoms with E-state index in [-0.39, 0.29) is 18.9 Å². The molecular weight excluding hydrogens is 488 g/mol. The van der Waals surface area contributed by atoms with E-state index in [1.807, 2.05) is 0 Å². The van der Waals surface area contributed by atoms with Crippen LogP contribution in [0.3, 0.4) is 0 Å². The summed E-state index contributed by atoms with van der Waals surface area (Å²) in [5.74, 6) is 1.88. The predicted molar refractivity (Wildman–Crippen MR) is 138 cm³/mol. The molecule has 10 nitrogen and oxygen atoms in total. The number of rotatable bonds is 8. The fourth-order valence-corrected chi connectivity index (χ4v) is 9.97. The van der Waals surface area contributed by atoms with E-state index >= 15 is 0 Å². The van der Waals surface area contributed by atoms with Crippen molar-refractivity contribution in [1.82, 2.24) is 4.90 Å². The molecule has 0 aromatic carbocycles. The van der Waals surface area contributed by atoms with Crippen molar-refractivity contribution >= 4 is 24.1 Å². The van der Waals surface area contributed by atoms with E-state index in [0.29, 0.717) is 41.9 Å². The molecule has 0 spiro atoms. The third kappa shape index (κ3) is 4.95. The molecule has 0 heterocycles. The van der Waals surface area contributed by atoms with Crippen LogP contribution in [0.1, 0.15) is 89.9 Å². The zero-order valence-corrected chi connectivity index (χ0v) is 22.2. The third-order valence-corrected chi connectivity index (χ3v) is 10.5. The van der Waals surface area contributed by atoms with Crippen molar-refractivity contribution in [3.63, 3.8) is 0 Å². The second kappa shape index (κ2) is 9.59. The average Bonchev–Trinajstić information content (AvgIpc) is 2.78. The minimum atomic E-state index is -1.41. The largest absolute Gasteiger partial charge is 0.480 e. The zero-order valence-electron chi connectivity index (χ0n) is 22.2. The van der Waals surface area contributed by atoms with Gasteiger partial charge in [0.1, 0.15) is 17.2 Å². The third-order valence-electron chi connectivity index (χ3n) is 10.5. The van der Waals surface area contributed by atoms with Crippen LogP contribution in [0.4, 0.5) is 9.59 Å². The average molecular weight is 531 g/mol. The Hall–Kier alpha value is -2.52. The van der Waals surface area contributed by atoms with Gasteiger partial charge in [0.2, 0.25) is 0 Å². The second-order valence-electron chi connectivity index (χ2n) is 13.6. The molecule has 0 radical (unpaired) electrons. The number of carboxylic acid groups (broad SMARTS) is 1. The van der Waals surface area contributed by atoms with Gasteiger partial charge in [0, 0.05) is 6.54 Å². The summed E-state index contributed by atoms with van der Waals surface area (Å²) in [5, 5.41) is 10.2. The molecule has 0 aliphatic heterocycles. The van der Waals surface area contributed by atoms with Gasteiger partial charge in [0.25, 0.3) is 0 Å². The number of hydrogen-bond acceptors (Lipinski definition) is 6. The molecule has 8 bridgehead atoms. The number of carbonyl (C=O) groups is 3. The minimum Gasteiger partial charge on any atom is -0.480 e. The highest BCUT2D eigenvalue weighted by Crippen LogP contribution is 2.58. The lowest BCUT2D eigenvalue weighted by Crippen LogP contribution is -2.59. The van der Waals surface area contributed by atoms with Crippen molar-refractivity contribution in [2.24, 2.45) is 52.0 Å². The molecule has 8 aliphatic rings. The van der Waals surface area contributed by atoms with E-state index in [4.69, 9.17) is 20.9 Å². The van der Waals surface area contributed by atoms with Gasteiger partial charge < -0.3 is 26.0 Å². The number of carboxylic acids is 1. The van der Waals surface area contributed by atoms with Crippen LogP contribution in [-0.2, 0) is 14.3 Å². The number of carbonyl (C=O) groups excluding carboxylic acids is 2. The maximum atomic E-state index is 13.8. The molecule has 0 aromatic heterocycles. The van der Waals surface area contributed by atoms with E-state index in [9.17, 15) is 19.5 Å². The number of amides is 2. The first-order chi connectivity index (χ1) is 18.1. The first kappa shape index (κ1) is 25.7. The van der Waals surface area contributed by atoms with Crippen molar-refractivity contribution in [3.05, 3.63) is 0 Å². The molecule has 1 atom stereocenters. The van der Waals surface area contributed by atoms with E-state index < -0.39 is 35.4 Å². The van der Waals surface area contributed by atoms with Gasteiger partial charge in [-0.3, -0.25) is 4.99 Å². The van der Waals surface area contributed by atoms with Gasteiger partial charge in [0.05, 0.1) is 0 Å². The zero-order chi connectivity index (χ0) is 26.7. The van der Waals surface area contributed by atoms with Crippen molar-refractivity contribution in [2.75, 3.05) is 6.54 Å². The summed E-state index contributed by atoms with van der Waals surface area (Å²) in [6, 6.07) is -1.41. The number of nitrogens with zero attached hydrogens (tertiary/aromatic N) is 2.